The van der Waals surface area contributed by atoms with Gasteiger partial charge in [0, 0.05) is 11.4 Å². The predicted molar refractivity (Wildman–Crippen MR) is 81.6 cm³/mol. The van der Waals surface area contributed by atoms with Crippen molar-refractivity contribution >= 4 is 15.9 Å². The van der Waals surface area contributed by atoms with Gasteiger partial charge in [0.05, 0.1) is 18.7 Å². The average Bonchev–Trinajstić information content (AvgIpc) is 2.47. The van der Waals surface area contributed by atoms with Crippen molar-refractivity contribution in [3.63, 3.8) is 0 Å². The number of ether oxygens (including phenoxy) is 2. The first-order chi connectivity index (χ1) is 9.66. The molecule has 3 nitrogen and oxygen atoms in total. The highest BCUT2D eigenvalue weighted by Crippen LogP contribution is 2.28. The predicted octanol–water partition coefficient (Wildman–Crippen LogP) is 4.56. The largest absolute Gasteiger partial charge is 0.497 e. The molecule has 0 fully saturated rings. The molecule has 2 rings (SSSR count). The molecule has 0 saturated carbocycles. The van der Waals surface area contributed by atoms with Crippen LogP contribution in [0.25, 0.3) is 0 Å². The number of alkyl halides is 1. The van der Waals surface area contributed by atoms with Crippen LogP contribution in [0.5, 0.6) is 17.2 Å². The first-order valence-corrected chi connectivity index (χ1v) is 7.21. The molecule has 0 spiro atoms. The van der Waals surface area contributed by atoms with E-state index in [0.29, 0.717) is 17.1 Å². The second-order valence-electron chi connectivity index (χ2n) is 4.33. The van der Waals surface area contributed by atoms with Gasteiger partial charge in [0.2, 0.25) is 0 Å². The molecule has 0 amide bonds. The third kappa shape index (κ3) is 3.31. The zero-order chi connectivity index (χ0) is 14.5. The molecular weight excluding hydrogens is 318 g/mol. The van der Waals surface area contributed by atoms with E-state index in [1.807, 2.05) is 25.1 Å². The Labute approximate surface area is 126 Å². The van der Waals surface area contributed by atoms with Gasteiger partial charge < -0.3 is 9.47 Å². The van der Waals surface area contributed by atoms with Crippen LogP contribution in [-0.4, -0.2) is 7.11 Å². The van der Waals surface area contributed by atoms with Gasteiger partial charge in [-0.05, 0) is 42.3 Å². The van der Waals surface area contributed by atoms with Gasteiger partial charge in [-0.25, -0.2) is 0 Å². The fourth-order valence-corrected chi connectivity index (χ4v) is 2.46. The van der Waals surface area contributed by atoms with Crippen molar-refractivity contribution in [2.24, 2.45) is 0 Å². The van der Waals surface area contributed by atoms with E-state index in [2.05, 4.69) is 22.0 Å². The first kappa shape index (κ1) is 14.4. The minimum Gasteiger partial charge on any atom is -0.497 e. The quantitative estimate of drug-likeness (QED) is 0.771. The van der Waals surface area contributed by atoms with Gasteiger partial charge in [0.25, 0.3) is 0 Å². The molecule has 20 heavy (non-hydrogen) atoms. The van der Waals surface area contributed by atoms with E-state index in [4.69, 9.17) is 14.7 Å². The monoisotopic (exact) mass is 331 g/mol. The van der Waals surface area contributed by atoms with E-state index >= 15 is 0 Å². The minimum absolute atomic E-state index is 0.508. The minimum atomic E-state index is 0.508. The van der Waals surface area contributed by atoms with Crippen LogP contribution in [0.15, 0.2) is 36.4 Å². The maximum Gasteiger partial charge on any atom is 0.132 e. The number of halogens is 1. The van der Waals surface area contributed by atoms with Crippen LogP contribution < -0.4 is 9.47 Å². The van der Waals surface area contributed by atoms with E-state index in [1.54, 1.807) is 25.3 Å². The van der Waals surface area contributed by atoms with Crippen molar-refractivity contribution in [2.45, 2.75) is 12.3 Å². The molecule has 0 atom stereocenters. The molecule has 2 aromatic carbocycles. The van der Waals surface area contributed by atoms with Crippen molar-refractivity contribution in [3.8, 4) is 23.3 Å². The van der Waals surface area contributed by atoms with Gasteiger partial charge in [-0.1, -0.05) is 22.0 Å². The Balaban J connectivity index is 2.30. The van der Waals surface area contributed by atoms with Crippen molar-refractivity contribution in [2.75, 3.05) is 7.11 Å². The Morgan fingerprint density at radius 3 is 2.45 bits per heavy atom. The number of rotatable bonds is 4. The van der Waals surface area contributed by atoms with Gasteiger partial charge in [-0.2, -0.15) is 5.26 Å². The fourth-order valence-electron chi connectivity index (χ4n) is 1.83. The lowest BCUT2D eigenvalue weighted by molar-refractivity contribution is 0.409. The SMILES string of the molecule is COc1cc(C#N)cc(Oc2ccc(CBr)c(C)c2)c1. The maximum absolute atomic E-state index is 8.99. The van der Waals surface area contributed by atoms with Gasteiger partial charge in [0.1, 0.15) is 17.2 Å². The summed E-state index contributed by atoms with van der Waals surface area (Å²) >= 11 is 3.44. The zero-order valence-electron chi connectivity index (χ0n) is 11.3. The Kier molecular flexibility index (Phi) is 4.65. The van der Waals surface area contributed by atoms with Crippen molar-refractivity contribution in [1.82, 2.24) is 0 Å². The van der Waals surface area contributed by atoms with E-state index in [1.165, 1.54) is 5.56 Å². The summed E-state index contributed by atoms with van der Waals surface area (Å²) in [5.41, 5.74) is 2.89. The highest BCUT2D eigenvalue weighted by atomic mass is 79.9. The molecule has 0 heterocycles. The van der Waals surface area contributed by atoms with Crippen LogP contribution in [0.3, 0.4) is 0 Å². The van der Waals surface area contributed by atoms with Crippen LogP contribution in [0.2, 0.25) is 0 Å². The van der Waals surface area contributed by atoms with Crippen LogP contribution in [0, 0.1) is 18.3 Å². The molecule has 0 N–H and O–H groups in total. The second-order valence-corrected chi connectivity index (χ2v) is 4.89. The van der Waals surface area contributed by atoms with Crippen LogP contribution in [-0.2, 0) is 5.33 Å². The fraction of sp³-hybridized carbons (Fsp3) is 0.188. The Bertz CT molecular complexity index is 662. The molecule has 4 heteroatoms. The molecule has 0 unspecified atom stereocenters. The second kappa shape index (κ2) is 6.44. The number of benzene rings is 2. The summed E-state index contributed by atoms with van der Waals surface area (Å²) in [4.78, 5) is 0. The number of methoxy groups -OCH3 is 1. The van der Waals surface area contributed by atoms with Gasteiger partial charge in [0.15, 0.2) is 0 Å². The van der Waals surface area contributed by atoms with Crippen molar-refractivity contribution in [1.29, 1.82) is 5.26 Å². The van der Waals surface area contributed by atoms with Gasteiger partial charge >= 0.3 is 0 Å². The van der Waals surface area contributed by atoms with E-state index in [9.17, 15) is 0 Å². The normalized spacial score (nSPS) is 9.90. The molecule has 102 valence electrons. The molecule has 2 aromatic rings. The number of hydrogen-bond acceptors (Lipinski definition) is 3. The van der Waals surface area contributed by atoms with Crippen LogP contribution in [0.1, 0.15) is 16.7 Å². The summed E-state index contributed by atoms with van der Waals surface area (Å²) in [6, 6.07) is 13.1. The first-order valence-electron chi connectivity index (χ1n) is 6.09. The Hall–Kier alpha value is -1.99. The molecule has 0 bridgehead atoms. The summed E-state index contributed by atoms with van der Waals surface area (Å²) in [6.07, 6.45) is 0. The molecule has 0 aliphatic rings. The highest BCUT2D eigenvalue weighted by Gasteiger charge is 2.05. The lowest BCUT2D eigenvalue weighted by Crippen LogP contribution is -1.91. The smallest absolute Gasteiger partial charge is 0.132 e. The van der Waals surface area contributed by atoms with Crippen LogP contribution in [0.4, 0.5) is 0 Å². The summed E-state index contributed by atoms with van der Waals surface area (Å²) in [5, 5.41) is 9.81. The molecule has 0 aliphatic heterocycles. The lowest BCUT2D eigenvalue weighted by atomic mass is 10.1. The van der Waals surface area contributed by atoms with Crippen molar-refractivity contribution in [3.05, 3.63) is 53.1 Å². The number of aryl methyl sites for hydroxylation is 1. The molecule has 0 radical (unpaired) electrons. The topological polar surface area (TPSA) is 42.2 Å². The Morgan fingerprint density at radius 2 is 1.85 bits per heavy atom. The average molecular weight is 332 g/mol. The number of hydrogen-bond donors (Lipinski definition) is 0. The molecular formula is C16H14BrNO2. The molecule has 0 aromatic heterocycles. The highest BCUT2D eigenvalue weighted by molar-refractivity contribution is 9.08. The summed E-state index contributed by atoms with van der Waals surface area (Å²) < 4.78 is 11.0. The lowest BCUT2D eigenvalue weighted by Gasteiger charge is -2.10. The summed E-state index contributed by atoms with van der Waals surface area (Å²) in [6.45, 7) is 2.04. The van der Waals surface area contributed by atoms with E-state index in [-0.39, 0.29) is 0 Å². The number of nitriles is 1. The summed E-state index contributed by atoms with van der Waals surface area (Å²) in [7, 11) is 1.56. The standard InChI is InChI=1S/C16H14BrNO2/c1-11-5-14(4-3-13(11)9-17)20-16-7-12(10-18)6-15(8-16)19-2/h3-8H,9H2,1-2H3. The number of nitrogens with zero attached hydrogens (tertiary/aromatic N) is 1. The van der Waals surface area contributed by atoms with Crippen LogP contribution >= 0.6 is 15.9 Å². The summed E-state index contributed by atoms with van der Waals surface area (Å²) in [5.74, 6) is 1.93. The molecule has 0 saturated heterocycles. The van der Waals surface area contributed by atoms with Gasteiger partial charge in [-0.3, -0.25) is 0 Å². The van der Waals surface area contributed by atoms with E-state index in [0.717, 1.165) is 16.6 Å². The van der Waals surface area contributed by atoms with E-state index < -0.39 is 0 Å². The third-order valence-corrected chi connectivity index (χ3v) is 3.54. The third-order valence-electron chi connectivity index (χ3n) is 2.94. The zero-order valence-corrected chi connectivity index (χ0v) is 12.9. The molecule has 0 aliphatic carbocycles. The van der Waals surface area contributed by atoms with Crippen molar-refractivity contribution < 1.29 is 9.47 Å². The van der Waals surface area contributed by atoms with Gasteiger partial charge in [-0.15, -0.1) is 0 Å². The maximum atomic E-state index is 8.99. The Morgan fingerprint density at radius 1 is 1.10 bits per heavy atom.